The third kappa shape index (κ3) is 3.64. The molecule has 0 heterocycles. The number of hydrogen-bond donors (Lipinski definition) is 3. The number of hydrogen-bond acceptors (Lipinski definition) is 3. The normalized spacial score (nSPS) is 14.2. The van der Waals surface area contributed by atoms with Crippen LogP contribution in [0, 0.1) is 0 Å². The predicted octanol–water partition coefficient (Wildman–Crippen LogP) is 0.226. The zero-order valence-corrected chi connectivity index (χ0v) is 9.39. The monoisotopic (exact) mass is 222 g/mol. The van der Waals surface area contributed by atoms with Gasteiger partial charge in [-0.2, -0.15) is 0 Å². The molecule has 0 fully saturated rings. The van der Waals surface area contributed by atoms with Gasteiger partial charge in [-0.25, -0.2) is 0 Å². The fraction of sp³-hybridized carbons (Fsp3) is 0.417. The molecular formula is C12H18N2O2. The smallest absolute Gasteiger partial charge is 0.228 e. The summed E-state index contributed by atoms with van der Waals surface area (Å²) in [6, 6.07) is 9.39. The molecular weight excluding hydrogens is 204 g/mol. The molecule has 1 amide bonds. The first-order chi connectivity index (χ1) is 7.65. The van der Waals surface area contributed by atoms with Crippen LogP contribution in [0.15, 0.2) is 30.3 Å². The van der Waals surface area contributed by atoms with Gasteiger partial charge in [0, 0.05) is 13.1 Å². The van der Waals surface area contributed by atoms with Crippen molar-refractivity contribution in [3.63, 3.8) is 0 Å². The Labute approximate surface area is 95.5 Å². The van der Waals surface area contributed by atoms with E-state index in [0.717, 1.165) is 5.56 Å². The number of aliphatic hydroxyl groups excluding tert-OH is 1. The molecule has 2 unspecified atom stereocenters. The second-order valence-corrected chi connectivity index (χ2v) is 3.79. The van der Waals surface area contributed by atoms with Crippen molar-refractivity contribution in [1.29, 1.82) is 0 Å². The molecule has 0 aliphatic rings. The van der Waals surface area contributed by atoms with Gasteiger partial charge in [-0.05, 0) is 12.5 Å². The Morgan fingerprint density at radius 1 is 1.44 bits per heavy atom. The maximum absolute atomic E-state index is 11.8. The van der Waals surface area contributed by atoms with Gasteiger partial charge in [0.15, 0.2) is 0 Å². The lowest BCUT2D eigenvalue weighted by Crippen LogP contribution is -2.37. The van der Waals surface area contributed by atoms with E-state index in [0.29, 0.717) is 0 Å². The van der Waals surface area contributed by atoms with Gasteiger partial charge >= 0.3 is 0 Å². The van der Waals surface area contributed by atoms with Crippen LogP contribution in [-0.4, -0.2) is 30.2 Å². The fourth-order valence-electron chi connectivity index (χ4n) is 1.45. The summed E-state index contributed by atoms with van der Waals surface area (Å²) < 4.78 is 0. The summed E-state index contributed by atoms with van der Waals surface area (Å²) in [6.07, 6.45) is -0.543. The van der Waals surface area contributed by atoms with Gasteiger partial charge in [0.2, 0.25) is 5.91 Å². The molecule has 0 bridgehead atoms. The SMILES string of the molecule is CC(O)CNC(=O)C(CN)c1ccccc1. The Hall–Kier alpha value is -1.39. The maximum atomic E-state index is 11.8. The Bertz CT molecular complexity index is 325. The number of rotatable bonds is 5. The number of aliphatic hydroxyl groups is 1. The minimum absolute atomic E-state index is 0.144. The van der Waals surface area contributed by atoms with Crippen LogP contribution in [0.5, 0.6) is 0 Å². The molecule has 0 aliphatic carbocycles. The van der Waals surface area contributed by atoms with Crippen LogP contribution in [0.1, 0.15) is 18.4 Å². The Morgan fingerprint density at radius 3 is 2.56 bits per heavy atom. The molecule has 0 aliphatic heterocycles. The largest absolute Gasteiger partial charge is 0.392 e. The van der Waals surface area contributed by atoms with Crippen LogP contribution >= 0.6 is 0 Å². The number of nitrogens with one attached hydrogen (secondary N) is 1. The first-order valence-corrected chi connectivity index (χ1v) is 5.36. The zero-order chi connectivity index (χ0) is 12.0. The highest BCUT2D eigenvalue weighted by Crippen LogP contribution is 2.13. The first kappa shape index (κ1) is 12.7. The van der Waals surface area contributed by atoms with Crippen molar-refractivity contribution in [3.8, 4) is 0 Å². The highest BCUT2D eigenvalue weighted by atomic mass is 16.3. The van der Waals surface area contributed by atoms with E-state index in [4.69, 9.17) is 10.8 Å². The summed E-state index contributed by atoms with van der Waals surface area (Å²) in [7, 11) is 0. The van der Waals surface area contributed by atoms with Crippen LogP contribution < -0.4 is 11.1 Å². The average Bonchev–Trinajstić information content (AvgIpc) is 2.29. The van der Waals surface area contributed by atoms with Crippen molar-refractivity contribution in [1.82, 2.24) is 5.32 Å². The molecule has 0 spiro atoms. The lowest BCUT2D eigenvalue weighted by atomic mass is 9.98. The van der Waals surface area contributed by atoms with E-state index in [9.17, 15) is 4.79 Å². The molecule has 88 valence electrons. The van der Waals surface area contributed by atoms with E-state index in [1.54, 1.807) is 6.92 Å². The van der Waals surface area contributed by atoms with Crippen molar-refractivity contribution in [2.24, 2.45) is 5.73 Å². The van der Waals surface area contributed by atoms with Gasteiger partial charge in [0.1, 0.15) is 0 Å². The number of benzene rings is 1. The maximum Gasteiger partial charge on any atom is 0.228 e. The van der Waals surface area contributed by atoms with Gasteiger partial charge in [0.25, 0.3) is 0 Å². The summed E-state index contributed by atoms with van der Waals surface area (Å²) in [4.78, 5) is 11.8. The summed E-state index contributed by atoms with van der Waals surface area (Å²) in [5, 5.41) is 11.7. The molecule has 1 aromatic carbocycles. The molecule has 4 nitrogen and oxygen atoms in total. The standard InChI is InChI=1S/C12H18N2O2/c1-9(15)8-14-12(16)11(7-13)10-5-3-2-4-6-10/h2-6,9,11,15H,7-8,13H2,1H3,(H,14,16). The minimum Gasteiger partial charge on any atom is -0.392 e. The van der Waals surface area contributed by atoms with Crippen LogP contribution in [0.25, 0.3) is 0 Å². The van der Waals surface area contributed by atoms with Crippen molar-refractivity contribution in [2.45, 2.75) is 18.9 Å². The second-order valence-electron chi connectivity index (χ2n) is 3.79. The van der Waals surface area contributed by atoms with E-state index >= 15 is 0 Å². The molecule has 0 saturated carbocycles. The Kier molecular flexibility index (Phi) is 4.95. The Morgan fingerprint density at radius 2 is 2.06 bits per heavy atom. The third-order valence-corrected chi connectivity index (χ3v) is 2.33. The molecule has 0 aromatic heterocycles. The van der Waals surface area contributed by atoms with Gasteiger partial charge in [0.05, 0.1) is 12.0 Å². The lowest BCUT2D eigenvalue weighted by molar-refractivity contribution is -0.122. The lowest BCUT2D eigenvalue weighted by Gasteiger charge is -2.15. The van der Waals surface area contributed by atoms with Crippen LogP contribution in [-0.2, 0) is 4.79 Å². The fourth-order valence-corrected chi connectivity index (χ4v) is 1.45. The van der Waals surface area contributed by atoms with Crippen molar-refractivity contribution in [3.05, 3.63) is 35.9 Å². The summed E-state index contributed by atoms with van der Waals surface area (Å²) >= 11 is 0. The van der Waals surface area contributed by atoms with Crippen LogP contribution in [0.3, 0.4) is 0 Å². The number of nitrogens with two attached hydrogens (primary N) is 1. The quantitative estimate of drug-likeness (QED) is 0.667. The van der Waals surface area contributed by atoms with Crippen molar-refractivity contribution >= 4 is 5.91 Å². The molecule has 0 radical (unpaired) electrons. The molecule has 1 rings (SSSR count). The second kappa shape index (κ2) is 6.25. The number of carbonyl (C=O) groups is 1. The molecule has 1 aromatic rings. The topological polar surface area (TPSA) is 75.3 Å². The number of carbonyl (C=O) groups excluding carboxylic acids is 1. The third-order valence-electron chi connectivity index (χ3n) is 2.33. The van der Waals surface area contributed by atoms with E-state index in [1.165, 1.54) is 0 Å². The van der Waals surface area contributed by atoms with E-state index in [1.807, 2.05) is 30.3 Å². The van der Waals surface area contributed by atoms with Crippen molar-refractivity contribution in [2.75, 3.05) is 13.1 Å². The van der Waals surface area contributed by atoms with E-state index in [-0.39, 0.29) is 24.9 Å². The summed E-state index contributed by atoms with van der Waals surface area (Å²) in [6.45, 7) is 2.14. The molecule has 4 N–H and O–H groups in total. The minimum atomic E-state index is -0.543. The van der Waals surface area contributed by atoms with Gasteiger partial charge in [-0.3, -0.25) is 4.79 Å². The highest BCUT2D eigenvalue weighted by Gasteiger charge is 2.18. The van der Waals surface area contributed by atoms with Crippen molar-refractivity contribution < 1.29 is 9.90 Å². The van der Waals surface area contributed by atoms with E-state index in [2.05, 4.69) is 5.32 Å². The molecule has 4 heteroatoms. The first-order valence-electron chi connectivity index (χ1n) is 5.36. The molecule has 0 saturated heterocycles. The van der Waals surface area contributed by atoms with Gasteiger partial charge < -0.3 is 16.2 Å². The summed E-state index contributed by atoms with van der Waals surface area (Å²) in [5.74, 6) is -0.491. The Balaban J connectivity index is 2.64. The summed E-state index contributed by atoms with van der Waals surface area (Å²) in [5.41, 5.74) is 6.49. The molecule has 2 atom stereocenters. The van der Waals surface area contributed by atoms with Gasteiger partial charge in [-0.15, -0.1) is 0 Å². The average molecular weight is 222 g/mol. The highest BCUT2D eigenvalue weighted by molar-refractivity contribution is 5.83. The molecule has 16 heavy (non-hydrogen) atoms. The van der Waals surface area contributed by atoms with Gasteiger partial charge in [-0.1, -0.05) is 30.3 Å². The zero-order valence-electron chi connectivity index (χ0n) is 9.39. The number of amides is 1. The predicted molar refractivity (Wildman–Crippen MR) is 62.9 cm³/mol. The van der Waals surface area contributed by atoms with Crippen LogP contribution in [0.4, 0.5) is 0 Å². The van der Waals surface area contributed by atoms with E-state index < -0.39 is 6.10 Å². The van der Waals surface area contributed by atoms with Crippen LogP contribution in [0.2, 0.25) is 0 Å².